The summed E-state index contributed by atoms with van der Waals surface area (Å²) in [6.07, 6.45) is 7.88. The van der Waals surface area contributed by atoms with Crippen molar-refractivity contribution in [3.63, 3.8) is 0 Å². The van der Waals surface area contributed by atoms with Crippen LogP contribution in [-0.4, -0.2) is 34.0 Å². The number of pyridine rings is 1. The summed E-state index contributed by atoms with van der Waals surface area (Å²) in [6.45, 7) is 0.667. The summed E-state index contributed by atoms with van der Waals surface area (Å²) in [5, 5.41) is 9.11. The van der Waals surface area contributed by atoms with Gasteiger partial charge in [-0.25, -0.2) is 9.78 Å². The summed E-state index contributed by atoms with van der Waals surface area (Å²) in [4.78, 5) is 17.3. The van der Waals surface area contributed by atoms with Gasteiger partial charge >= 0.3 is 5.97 Å². The Morgan fingerprint density at radius 3 is 2.83 bits per heavy atom. The van der Waals surface area contributed by atoms with Crippen LogP contribution in [0.4, 0.5) is 0 Å². The van der Waals surface area contributed by atoms with Crippen LogP contribution in [0.3, 0.4) is 0 Å². The lowest BCUT2D eigenvalue weighted by molar-refractivity contribution is 0.0687. The summed E-state index contributed by atoms with van der Waals surface area (Å²) in [5.74, 6) is -0.942. The van der Waals surface area contributed by atoms with Crippen molar-refractivity contribution < 1.29 is 9.90 Å². The number of carbonyl (C=O) groups is 1. The minimum Gasteiger partial charge on any atom is -0.477 e. The van der Waals surface area contributed by atoms with Crippen LogP contribution in [0.1, 0.15) is 48.2 Å². The summed E-state index contributed by atoms with van der Waals surface area (Å²) in [5.41, 5.74) is 0.984. The highest BCUT2D eigenvalue weighted by Gasteiger charge is 2.20. The van der Waals surface area contributed by atoms with Gasteiger partial charge in [-0.2, -0.15) is 0 Å². The number of rotatable bonds is 4. The Bertz CT molecular complexity index is 414. The lowest BCUT2D eigenvalue weighted by Crippen LogP contribution is -2.33. The first-order valence-electron chi connectivity index (χ1n) is 6.56. The molecule has 4 nitrogen and oxygen atoms in total. The maximum atomic E-state index is 11.1. The number of nitrogens with zero attached hydrogens (tertiary/aromatic N) is 2. The van der Waals surface area contributed by atoms with Crippen molar-refractivity contribution in [3.05, 3.63) is 29.6 Å². The molecule has 2 rings (SSSR count). The second-order valence-corrected chi connectivity index (χ2v) is 5.02. The van der Waals surface area contributed by atoms with Crippen molar-refractivity contribution in [3.8, 4) is 0 Å². The highest BCUT2D eigenvalue weighted by Crippen LogP contribution is 2.23. The van der Waals surface area contributed by atoms with Gasteiger partial charge in [0.25, 0.3) is 0 Å². The van der Waals surface area contributed by atoms with E-state index >= 15 is 0 Å². The minimum absolute atomic E-state index is 0.181. The third-order valence-electron chi connectivity index (χ3n) is 3.71. The molecule has 0 bridgehead atoms. The highest BCUT2D eigenvalue weighted by molar-refractivity contribution is 5.86. The molecular weight excluding hydrogens is 228 g/mol. The Balaban J connectivity index is 2.06. The number of carboxylic acid groups (broad SMARTS) is 1. The molecule has 1 aromatic rings. The van der Waals surface area contributed by atoms with Crippen LogP contribution >= 0.6 is 0 Å². The fraction of sp³-hybridized carbons (Fsp3) is 0.571. The van der Waals surface area contributed by atoms with Crippen LogP contribution in [0.15, 0.2) is 18.3 Å². The Labute approximate surface area is 108 Å². The number of hydrogen-bond acceptors (Lipinski definition) is 3. The fourth-order valence-corrected chi connectivity index (χ4v) is 2.68. The van der Waals surface area contributed by atoms with Crippen LogP contribution in [0, 0.1) is 0 Å². The minimum atomic E-state index is -0.942. The number of carboxylic acids is 1. The van der Waals surface area contributed by atoms with Gasteiger partial charge in [-0.15, -0.1) is 0 Å². The molecule has 1 aromatic heterocycles. The summed E-state index contributed by atoms with van der Waals surface area (Å²) >= 11 is 0. The zero-order chi connectivity index (χ0) is 13.0. The molecule has 0 aliphatic heterocycles. The van der Waals surface area contributed by atoms with E-state index in [0.29, 0.717) is 12.6 Å². The van der Waals surface area contributed by atoms with E-state index in [9.17, 15) is 4.79 Å². The first kappa shape index (κ1) is 13.0. The molecular formula is C14H20N2O2. The van der Waals surface area contributed by atoms with Crippen LogP contribution in [0.5, 0.6) is 0 Å². The van der Waals surface area contributed by atoms with E-state index in [-0.39, 0.29) is 5.69 Å². The molecule has 98 valence electrons. The van der Waals surface area contributed by atoms with Crippen molar-refractivity contribution in [2.24, 2.45) is 0 Å². The average molecular weight is 248 g/mol. The van der Waals surface area contributed by atoms with Crippen molar-refractivity contribution >= 4 is 5.97 Å². The summed E-state index contributed by atoms with van der Waals surface area (Å²) in [6, 6.07) is 4.24. The predicted octanol–water partition coefficient (Wildman–Crippen LogP) is 2.54. The van der Waals surface area contributed by atoms with Gasteiger partial charge in [0, 0.05) is 18.8 Å². The smallest absolute Gasteiger partial charge is 0.354 e. The summed E-state index contributed by atoms with van der Waals surface area (Å²) < 4.78 is 0. The molecule has 4 heteroatoms. The number of aromatic carboxylic acids is 1. The van der Waals surface area contributed by atoms with E-state index in [4.69, 9.17) is 5.11 Å². The first-order valence-corrected chi connectivity index (χ1v) is 6.56. The van der Waals surface area contributed by atoms with Crippen LogP contribution in [0.2, 0.25) is 0 Å². The van der Waals surface area contributed by atoms with E-state index in [2.05, 4.69) is 16.9 Å². The van der Waals surface area contributed by atoms with Crippen LogP contribution in [0.25, 0.3) is 0 Å². The Morgan fingerprint density at radius 2 is 2.17 bits per heavy atom. The van der Waals surface area contributed by atoms with E-state index in [1.807, 2.05) is 6.07 Å². The predicted molar refractivity (Wildman–Crippen MR) is 69.5 cm³/mol. The lowest BCUT2D eigenvalue weighted by Gasteiger charge is -2.31. The van der Waals surface area contributed by atoms with E-state index in [1.54, 1.807) is 6.07 Å². The van der Waals surface area contributed by atoms with Gasteiger partial charge in [-0.1, -0.05) is 25.3 Å². The molecule has 1 fully saturated rings. The second-order valence-electron chi connectivity index (χ2n) is 5.02. The van der Waals surface area contributed by atoms with Crippen molar-refractivity contribution in [2.45, 2.75) is 44.7 Å². The summed E-state index contributed by atoms with van der Waals surface area (Å²) in [7, 11) is 2.08. The third-order valence-corrected chi connectivity index (χ3v) is 3.71. The molecule has 0 amide bonds. The van der Waals surface area contributed by atoms with Crippen molar-refractivity contribution in [1.82, 2.24) is 9.88 Å². The molecule has 0 radical (unpaired) electrons. The molecule has 0 saturated heterocycles. The Hall–Kier alpha value is -1.42. The van der Waals surface area contributed by atoms with Gasteiger partial charge in [0.2, 0.25) is 0 Å². The molecule has 0 atom stereocenters. The van der Waals surface area contributed by atoms with Gasteiger partial charge in [0.1, 0.15) is 0 Å². The van der Waals surface area contributed by atoms with Crippen molar-refractivity contribution in [1.29, 1.82) is 0 Å². The van der Waals surface area contributed by atoms with Gasteiger partial charge in [0.05, 0.1) is 0 Å². The number of aromatic nitrogens is 1. The largest absolute Gasteiger partial charge is 0.477 e. The Kier molecular flexibility index (Phi) is 4.31. The average Bonchev–Trinajstić information content (AvgIpc) is 2.40. The zero-order valence-corrected chi connectivity index (χ0v) is 10.8. The fourth-order valence-electron chi connectivity index (χ4n) is 2.68. The van der Waals surface area contributed by atoms with Crippen LogP contribution < -0.4 is 0 Å². The maximum absolute atomic E-state index is 11.1. The number of hydrogen-bond donors (Lipinski definition) is 1. The molecule has 1 aliphatic rings. The quantitative estimate of drug-likeness (QED) is 0.889. The molecule has 0 spiro atoms. The maximum Gasteiger partial charge on any atom is 0.354 e. The molecule has 0 aromatic carbocycles. The lowest BCUT2D eigenvalue weighted by atomic mass is 9.94. The van der Waals surface area contributed by atoms with Crippen molar-refractivity contribution in [2.75, 3.05) is 7.05 Å². The molecule has 1 saturated carbocycles. The monoisotopic (exact) mass is 248 g/mol. The molecule has 1 N–H and O–H groups in total. The molecule has 1 heterocycles. The zero-order valence-electron chi connectivity index (χ0n) is 10.8. The molecule has 1 aliphatic carbocycles. The van der Waals surface area contributed by atoms with E-state index < -0.39 is 5.97 Å². The van der Waals surface area contributed by atoms with Gasteiger partial charge in [-0.05, 0) is 31.5 Å². The highest BCUT2D eigenvalue weighted by atomic mass is 16.4. The SMILES string of the molecule is CN(Cc1cccnc1C(=O)O)C1CCCCC1. The normalized spacial score (nSPS) is 17.0. The molecule has 0 unspecified atom stereocenters. The topological polar surface area (TPSA) is 53.4 Å². The van der Waals surface area contributed by atoms with Crippen LogP contribution in [-0.2, 0) is 6.54 Å². The van der Waals surface area contributed by atoms with E-state index in [0.717, 1.165) is 5.56 Å². The van der Waals surface area contributed by atoms with Gasteiger partial charge < -0.3 is 5.11 Å². The molecule has 18 heavy (non-hydrogen) atoms. The third kappa shape index (κ3) is 3.07. The Morgan fingerprint density at radius 1 is 1.44 bits per heavy atom. The van der Waals surface area contributed by atoms with Gasteiger partial charge in [-0.3, -0.25) is 4.90 Å². The first-order chi connectivity index (χ1) is 8.68. The standard InChI is InChI=1S/C14H20N2O2/c1-16(12-7-3-2-4-8-12)10-11-6-5-9-15-13(11)14(17)18/h5-6,9,12H,2-4,7-8,10H2,1H3,(H,17,18). The van der Waals surface area contributed by atoms with E-state index in [1.165, 1.54) is 38.3 Å². The second kappa shape index (κ2) is 5.96. The van der Waals surface area contributed by atoms with Gasteiger partial charge in [0.15, 0.2) is 5.69 Å².